The van der Waals surface area contributed by atoms with Gasteiger partial charge in [0.1, 0.15) is 23.0 Å². The van der Waals surface area contributed by atoms with Crippen molar-refractivity contribution in [3.8, 4) is 23.0 Å². The van der Waals surface area contributed by atoms with Gasteiger partial charge in [0.25, 0.3) is 23.6 Å². The minimum atomic E-state index is -0.728. The Balaban J connectivity index is 1.37. The van der Waals surface area contributed by atoms with Crippen molar-refractivity contribution in [2.75, 3.05) is 56.6 Å². The molecule has 2 aromatic rings. The zero-order valence-corrected chi connectivity index (χ0v) is 31.5. The summed E-state index contributed by atoms with van der Waals surface area (Å²) in [4.78, 5) is 61.3. The normalized spacial score (nSPS) is 19.7. The van der Waals surface area contributed by atoms with E-state index < -0.39 is 11.8 Å². The maximum absolute atomic E-state index is 13.6. The molecule has 0 atom stereocenters. The molecule has 0 unspecified atom stereocenters. The Kier molecular flexibility index (Phi) is 13.6. The maximum atomic E-state index is 13.6. The van der Waals surface area contributed by atoms with Crippen LogP contribution in [0.5, 0.6) is 23.0 Å². The van der Waals surface area contributed by atoms with Crippen molar-refractivity contribution in [2.45, 2.75) is 75.5 Å². The van der Waals surface area contributed by atoms with Crippen LogP contribution < -0.4 is 40.6 Å². The van der Waals surface area contributed by atoms with Crippen LogP contribution in [-0.2, 0) is 0 Å². The average molecular weight is 724 g/mol. The molecule has 15 heteroatoms. The van der Waals surface area contributed by atoms with Gasteiger partial charge >= 0.3 is 0 Å². The van der Waals surface area contributed by atoms with E-state index in [-0.39, 0.29) is 75.5 Å². The summed E-state index contributed by atoms with van der Waals surface area (Å²) in [6.45, 7) is 0. The highest BCUT2D eigenvalue weighted by molar-refractivity contribution is 6.04. The van der Waals surface area contributed by atoms with Crippen LogP contribution in [0.4, 0.5) is 0 Å². The molecule has 2 aliphatic carbocycles. The number of carbonyl (C=O) groups excluding carboxylic acids is 4. The molecule has 52 heavy (non-hydrogen) atoms. The summed E-state index contributed by atoms with van der Waals surface area (Å²) >= 11 is 0. The Morgan fingerprint density at radius 3 is 1.17 bits per heavy atom. The van der Waals surface area contributed by atoms with Crippen LogP contribution in [0.1, 0.15) is 92.8 Å². The second-order valence-electron chi connectivity index (χ2n) is 13.6. The molecule has 0 saturated heterocycles. The van der Waals surface area contributed by atoms with Gasteiger partial charge in [-0.3, -0.25) is 19.2 Å². The summed E-state index contributed by atoms with van der Waals surface area (Å²) in [6.07, 6.45) is 5.67. The number of guanidine groups is 1. The number of carbonyl (C=O) groups is 4. The molecule has 0 aliphatic heterocycles. The number of aliphatic imine (C=N–C) groups is 1. The third-order valence-electron chi connectivity index (χ3n) is 9.57. The number of benzene rings is 2. The number of hydrogen-bond acceptors (Lipinski definition) is 9. The van der Waals surface area contributed by atoms with Gasteiger partial charge in [-0.2, -0.15) is 0 Å². The smallest absolute Gasteiger partial charge is 0.255 e. The Bertz CT molecular complexity index is 1630. The first kappa shape index (κ1) is 39.6. The molecule has 4 amide bonds. The van der Waals surface area contributed by atoms with Gasteiger partial charge in [0.15, 0.2) is 5.96 Å². The highest BCUT2D eigenvalue weighted by atomic mass is 16.5. The van der Waals surface area contributed by atoms with Crippen molar-refractivity contribution >= 4 is 29.6 Å². The number of nitrogens with zero attached hydrogens (tertiary/aromatic N) is 3. The van der Waals surface area contributed by atoms with Crippen LogP contribution in [0, 0.1) is 0 Å². The Morgan fingerprint density at radius 1 is 0.558 bits per heavy atom. The third kappa shape index (κ3) is 9.56. The summed E-state index contributed by atoms with van der Waals surface area (Å²) in [7, 11) is 13.7. The fourth-order valence-electron chi connectivity index (χ4n) is 6.84. The average Bonchev–Trinajstić information content (AvgIpc) is 3.13. The van der Waals surface area contributed by atoms with Crippen molar-refractivity contribution in [2.24, 2.45) is 10.7 Å². The summed E-state index contributed by atoms with van der Waals surface area (Å²) in [5, 5.41) is 9.22. The van der Waals surface area contributed by atoms with Crippen LogP contribution in [0.2, 0.25) is 0 Å². The number of rotatable bonds is 12. The molecule has 0 aromatic heterocycles. The predicted octanol–water partition coefficient (Wildman–Crippen LogP) is 2.81. The summed E-state index contributed by atoms with van der Waals surface area (Å²) in [5.74, 6) is 0.120. The largest absolute Gasteiger partial charge is 0.496 e. The fraction of sp³-hybridized carbons (Fsp3) is 0.541. The van der Waals surface area contributed by atoms with E-state index in [0.29, 0.717) is 31.4 Å². The molecule has 5 N–H and O–H groups in total. The van der Waals surface area contributed by atoms with E-state index in [1.807, 2.05) is 38.0 Å². The zero-order valence-electron chi connectivity index (χ0n) is 31.5. The third-order valence-corrected chi connectivity index (χ3v) is 9.57. The highest BCUT2D eigenvalue weighted by Crippen LogP contribution is 2.32. The molecular weight excluding hydrogens is 670 g/mol. The Morgan fingerprint density at radius 2 is 0.865 bits per heavy atom. The molecule has 284 valence electrons. The molecule has 0 heterocycles. The lowest BCUT2D eigenvalue weighted by atomic mass is 9.90. The summed E-state index contributed by atoms with van der Waals surface area (Å²) in [5.41, 5.74) is 6.19. The van der Waals surface area contributed by atoms with Crippen molar-refractivity contribution < 1.29 is 38.1 Å². The van der Waals surface area contributed by atoms with E-state index in [1.165, 1.54) is 46.6 Å². The Labute approximate surface area is 305 Å². The second-order valence-corrected chi connectivity index (χ2v) is 13.6. The molecule has 0 bridgehead atoms. The highest BCUT2D eigenvalue weighted by Gasteiger charge is 2.29. The number of nitrogens with one attached hydrogen (secondary N) is 3. The molecule has 4 rings (SSSR count). The minimum absolute atomic E-state index is 0.0307. The lowest BCUT2D eigenvalue weighted by Crippen LogP contribution is -2.44. The van der Waals surface area contributed by atoms with Crippen molar-refractivity contribution in [1.82, 2.24) is 25.8 Å². The van der Waals surface area contributed by atoms with Crippen molar-refractivity contribution in [3.63, 3.8) is 0 Å². The van der Waals surface area contributed by atoms with E-state index in [4.69, 9.17) is 29.7 Å². The van der Waals surface area contributed by atoms with Gasteiger partial charge in [0.05, 0.1) is 56.7 Å². The van der Waals surface area contributed by atoms with Gasteiger partial charge < -0.3 is 50.4 Å². The van der Waals surface area contributed by atoms with Gasteiger partial charge in [0.2, 0.25) is 0 Å². The molecule has 2 saturated carbocycles. The zero-order chi connectivity index (χ0) is 38.1. The number of primary amides is 1. The standard InChI is InChI=1S/C37H53N7O8/c1-43(2)37(44(3)4)42-24-15-13-23(14-16-24)41-36(48)28-18-27(31(51-7)20-32(28)52-8)35(47)40-22-11-9-21(10-12-22)39-34(46)26-17-25(33(38)45)29(49-5)19-30(26)50-6/h17-24H,9-16H2,1-8H3,(H2,38,45)(H,39,46)(H,40,47)(H,41,48)/t21-,22+,23-,24+. The van der Waals surface area contributed by atoms with Crippen LogP contribution in [0.25, 0.3) is 0 Å². The summed E-state index contributed by atoms with van der Waals surface area (Å²) in [6, 6.07) is 5.72. The van der Waals surface area contributed by atoms with E-state index in [1.54, 1.807) is 6.07 Å². The number of hydrogen-bond donors (Lipinski definition) is 4. The molecule has 2 fully saturated rings. The van der Waals surface area contributed by atoms with Crippen molar-refractivity contribution in [1.29, 1.82) is 0 Å². The fourth-order valence-corrected chi connectivity index (χ4v) is 6.84. The van der Waals surface area contributed by atoms with Gasteiger partial charge in [-0.25, -0.2) is 4.99 Å². The number of amides is 4. The quantitative estimate of drug-likeness (QED) is 0.188. The van der Waals surface area contributed by atoms with Gasteiger partial charge in [0, 0.05) is 58.4 Å². The lowest BCUT2D eigenvalue weighted by molar-refractivity contribution is 0.0887. The SMILES string of the molecule is COc1cc(OC)c(C(=O)N[C@H]2CC[C@@H](NC(=O)c3cc(C(=O)N[C@H]4CC[C@@H](N=C(N(C)C)N(C)C)CC4)c(OC)cc3OC)CC2)cc1C(N)=O. The van der Waals surface area contributed by atoms with E-state index in [9.17, 15) is 19.2 Å². The van der Waals surface area contributed by atoms with Gasteiger partial charge in [-0.1, -0.05) is 0 Å². The minimum Gasteiger partial charge on any atom is -0.496 e. The second kappa shape index (κ2) is 17.8. The first-order valence-corrected chi connectivity index (χ1v) is 17.5. The molecule has 0 spiro atoms. The maximum Gasteiger partial charge on any atom is 0.255 e. The van der Waals surface area contributed by atoms with Crippen LogP contribution >= 0.6 is 0 Å². The lowest BCUT2D eigenvalue weighted by Gasteiger charge is -2.30. The van der Waals surface area contributed by atoms with Gasteiger partial charge in [-0.15, -0.1) is 0 Å². The summed E-state index contributed by atoms with van der Waals surface area (Å²) < 4.78 is 21.7. The van der Waals surface area contributed by atoms with Crippen LogP contribution in [0.3, 0.4) is 0 Å². The molecular formula is C37H53N7O8. The first-order chi connectivity index (χ1) is 24.8. The van der Waals surface area contributed by atoms with E-state index in [2.05, 4.69) is 16.0 Å². The number of methoxy groups -OCH3 is 4. The molecule has 15 nitrogen and oxygen atoms in total. The molecule has 2 aliphatic rings. The number of nitrogens with two attached hydrogens (primary N) is 1. The topological polar surface area (TPSA) is 186 Å². The predicted molar refractivity (Wildman–Crippen MR) is 197 cm³/mol. The monoisotopic (exact) mass is 723 g/mol. The number of ether oxygens (including phenoxy) is 4. The van der Waals surface area contributed by atoms with E-state index >= 15 is 0 Å². The van der Waals surface area contributed by atoms with Crippen LogP contribution in [-0.4, -0.2) is 120 Å². The van der Waals surface area contributed by atoms with Crippen molar-refractivity contribution in [3.05, 3.63) is 46.5 Å². The Hall–Kier alpha value is -5.21. The van der Waals surface area contributed by atoms with Gasteiger partial charge in [-0.05, 0) is 63.5 Å². The van der Waals surface area contributed by atoms with Crippen LogP contribution in [0.15, 0.2) is 29.3 Å². The first-order valence-electron chi connectivity index (χ1n) is 17.5. The van der Waals surface area contributed by atoms with E-state index in [0.717, 1.165) is 31.6 Å². The molecule has 0 radical (unpaired) electrons. The molecule has 2 aromatic carbocycles.